The number of rotatable bonds is 2. The van der Waals surface area contributed by atoms with E-state index in [1.807, 2.05) is 0 Å². The molecule has 106 valence electrons. The van der Waals surface area contributed by atoms with Crippen LogP contribution in [0.2, 0.25) is 5.02 Å². The van der Waals surface area contributed by atoms with Crippen LogP contribution in [-0.4, -0.2) is 35.8 Å². The Bertz CT molecular complexity index is 523. The molecule has 0 aliphatic carbocycles. The normalized spacial score (nSPS) is 24.4. The van der Waals surface area contributed by atoms with Crippen molar-refractivity contribution in [1.29, 1.82) is 0 Å². The lowest BCUT2D eigenvalue weighted by atomic mass is 10.1. The number of imide groups is 1. The molecule has 1 aromatic carbocycles. The number of nitrogens with zero attached hydrogens (tertiary/aromatic N) is 2. The fourth-order valence-electron chi connectivity index (χ4n) is 2.99. The van der Waals surface area contributed by atoms with Gasteiger partial charge in [-0.05, 0) is 50.2 Å². The van der Waals surface area contributed by atoms with Gasteiger partial charge in [0, 0.05) is 5.02 Å². The van der Waals surface area contributed by atoms with E-state index in [0.29, 0.717) is 17.1 Å². The van der Waals surface area contributed by atoms with E-state index in [1.54, 1.807) is 24.3 Å². The summed E-state index contributed by atoms with van der Waals surface area (Å²) in [6, 6.07) is 6.56. The Hall–Kier alpha value is -1.39. The average molecular weight is 293 g/mol. The molecular formula is C15H17ClN2O2. The Morgan fingerprint density at radius 1 is 1.00 bits per heavy atom. The van der Waals surface area contributed by atoms with Crippen LogP contribution in [0.15, 0.2) is 24.3 Å². The van der Waals surface area contributed by atoms with Gasteiger partial charge < -0.3 is 0 Å². The number of hydrogen-bond donors (Lipinski definition) is 0. The third-order valence-corrected chi connectivity index (χ3v) is 4.29. The summed E-state index contributed by atoms with van der Waals surface area (Å²) in [6.07, 6.45) is 3.73. The van der Waals surface area contributed by atoms with E-state index in [-0.39, 0.29) is 17.9 Å². The molecule has 0 unspecified atom stereocenters. The van der Waals surface area contributed by atoms with Crippen molar-refractivity contribution >= 4 is 29.1 Å². The molecule has 2 aliphatic rings. The lowest BCUT2D eigenvalue weighted by Gasteiger charge is -2.30. The Morgan fingerprint density at radius 2 is 1.65 bits per heavy atom. The van der Waals surface area contributed by atoms with Gasteiger partial charge in [-0.3, -0.25) is 14.5 Å². The zero-order valence-electron chi connectivity index (χ0n) is 11.2. The Labute approximate surface area is 123 Å². The number of amides is 2. The van der Waals surface area contributed by atoms with Gasteiger partial charge in [0.25, 0.3) is 5.91 Å². The molecule has 4 nitrogen and oxygen atoms in total. The maximum atomic E-state index is 12.5. The first kappa shape index (κ1) is 13.6. The lowest BCUT2D eigenvalue weighted by molar-refractivity contribution is -0.123. The highest BCUT2D eigenvalue weighted by molar-refractivity contribution is 6.30. The predicted molar refractivity (Wildman–Crippen MR) is 77.8 cm³/mol. The van der Waals surface area contributed by atoms with E-state index < -0.39 is 0 Å². The number of piperidine rings is 1. The van der Waals surface area contributed by atoms with Crippen LogP contribution in [0.5, 0.6) is 0 Å². The first-order valence-electron chi connectivity index (χ1n) is 7.03. The molecule has 3 rings (SSSR count). The molecule has 0 spiro atoms. The number of hydrogen-bond acceptors (Lipinski definition) is 3. The first-order chi connectivity index (χ1) is 9.66. The summed E-state index contributed by atoms with van der Waals surface area (Å²) in [5.74, 6) is -0.216. The third-order valence-electron chi connectivity index (χ3n) is 4.04. The average Bonchev–Trinajstić information content (AvgIpc) is 2.76. The van der Waals surface area contributed by atoms with Crippen molar-refractivity contribution in [2.75, 3.05) is 18.0 Å². The maximum Gasteiger partial charge on any atom is 0.251 e. The van der Waals surface area contributed by atoms with Gasteiger partial charge >= 0.3 is 0 Å². The monoisotopic (exact) mass is 292 g/mol. The molecule has 2 amide bonds. The van der Waals surface area contributed by atoms with Crippen LogP contribution in [0.4, 0.5) is 5.69 Å². The van der Waals surface area contributed by atoms with Crippen molar-refractivity contribution < 1.29 is 9.59 Å². The topological polar surface area (TPSA) is 40.6 Å². The largest absolute Gasteiger partial charge is 0.292 e. The van der Waals surface area contributed by atoms with Crippen LogP contribution < -0.4 is 4.90 Å². The van der Waals surface area contributed by atoms with Gasteiger partial charge in [-0.25, -0.2) is 4.90 Å². The summed E-state index contributed by atoms with van der Waals surface area (Å²) in [4.78, 5) is 28.2. The van der Waals surface area contributed by atoms with Gasteiger partial charge in [0.05, 0.1) is 18.2 Å². The van der Waals surface area contributed by atoms with Gasteiger partial charge in [-0.15, -0.1) is 0 Å². The maximum absolute atomic E-state index is 12.5. The van der Waals surface area contributed by atoms with E-state index in [1.165, 1.54) is 11.3 Å². The smallest absolute Gasteiger partial charge is 0.251 e. The molecule has 0 aromatic heterocycles. The standard InChI is InChI=1S/C15H17ClN2O2/c16-11-4-6-12(7-5-11)18-14(19)10-13(15(18)20)17-8-2-1-3-9-17/h4-7,13H,1-3,8-10H2/t13-/m0/s1. The third kappa shape index (κ3) is 2.45. The van der Waals surface area contributed by atoms with E-state index in [9.17, 15) is 9.59 Å². The van der Waals surface area contributed by atoms with Crippen molar-refractivity contribution in [3.63, 3.8) is 0 Å². The number of carbonyl (C=O) groups excluding carboxylic acids is 2. The van der Waals surface area contributed by atoms with E-state index in [0.717, 1.165) is 25.9 Å². The molecule has 2 saturated heterocycles. The van der Waals surface area contributed by atoms with E-state index in [2.05, 4.69) is 4.90 Å². The van der Waals surface area contributed by atoms with Crippen LogP contribution >= 0.6 is 11.6 Å². The van der Waals surface area contributed by atoms with Crippen LogP contribution in [0.25, 0.3) is 0 Å². The molecule has 0 bridgehead atoms. The molecule has 1 aromatic rings. The van der Waals surface area contributed by atoms with Crippen molar-refractivity contribution in [3.8, 4) is 0 Å². The van der Waals surface area contributed by atoms with Crippen LogP contribution in [-0.2, 0) is 9.59 Å². The van der Waals surface area contributed by atoms with Gasteiger partial charge in [-0.2, -0.15) is 0 Å². The van der Waals surface area contributed by atoms with Gasteiger partial charge in [-0.1, -0.05) is 18.0 Å². The van der Waals surface area contributed by atoms with Crippen LogP contribution in [0.1, 0.15) is 25.7 Å². The Morgan fingerprint density at radius 3 is 2.30 bits per heavy atom. The van der Waals surface area contributed by atoms with Gasteiger partial charge in [0.1, 0.15) is 0 Å². The summed E-state index contributed by atoms with van der Waals surface area (Å²) in [7, 11) is 0. The molecule has 0 saturated carbocycles. The highest BCUT2D eigenvalue weighted by Crippen LogP contribution is 2.28. The van der Waals surface area contributed by atoms with Gasteiger partial charge in [0.15, 0.2) is 0 Å². The fraction of sp³-hybridized carbons (Fsp3) is 0.467. The quantitative estimate of drug-likeness (QED) is 0.786. The molecule has 2 heterocycles. The fourth-order valence-corrected chi connectivity index (χ4v) is 3.12. The SMILES string of the molecule is O=C1C[C@H](N2CCCCC2)C(=O)N1c1ccc(Cl)cc1. The first-order valence-corrected chi connectivity index (χ1v) is 7.41. The predicted octanol–water partition coefficient (Wildman–Crippen LogP) is 2.46. The second-order valence-electron chi connectivity index (χ2n) is 5.36. The van der Waals surface area contributed by atoms with Crippen LogP contribution in [0, 0.1) is 0 Å². The number of anilines is 1. The molecule has 2 aliphatic heterocycles. The van der Waals surface area contributed by atoms with Crippen LogP contribution in [0.3, 0.4) is 0 Å². The minimum atomic E-state index is -0.279. The zero-order chi connectivity index (χ0) is 14.1. The summed E-state index contributed by atoms with van der Waals surface area (Å²) in [5, 5.41) is 0.598. The second-order valence-corrected chi connectivity index (χ2v) is 5.80. The van der Waals surface area contributed by atoms with Crippen molar-refractivity contribution in [2.24, 2.45) is 0 Å². The molecule has 0 radical (unpaired) electrons. The van der Waals surface area contributed by atoms with Crippen molar-refractivity contribution in [1.82, 2.24) is 4.90 Å². The summed E-state index contributed by atoms with van der Waals surface area (Å²) >= 11 is 5.84. The molecule has 2 fully saturated rings. The minimum Gasteiger partial charge on any atom is -0.292 e. The molecule has 20 heavy (non-hydrogen) atoms. The summed E-state index contributed by atoms with van der Waals surface area (Å²) in [6.45, 7) is 1.83. The Balaban J connectivity index is 1.81. The highest BCUT2D eigenvalue weighted by atomic mass is 35.5. The van der Waals surface area contributed by atoms with E-state index in [4.69, 9.17) is 11.6 Å². The van der Waals surface area contributed by atoms with Gasteiger partial charge in [0.2, 0.25) is 5.91 Å². The zero-order valence-corrected chi connectivity index (χ0v) is 12.0. The molecular weight excluding hydrogens is 276 g/mol. The summed E-state index contributed by atoms with van der Waals surface area (Å²) < 4.78 is 0. The molecule has 1 atom stereocenters. The molecule has 5 heteroatoms. The lowest BCUT2D eigenvalue weighted by Crippen LogP contribution is -2.44. The number of benzene rings is 1. The number of likely N-dealkylation sites (tertiary alicyclic amines) is 1. The molecule has 0 N–H and O–H groups in total. The highest BCUT2D eigenvalue weighted by Gasteiger charge is 2.42. The number of carbonyl (C=O) groups is 2. The Kier molecular flexibility index (Phi) is 3.76. The minimum absolute atomic E-state index is 0.0979. The second kappa shape index (κ2) is 5.54. The van der Waals surface area contributed by atoms with Crippen molar-refractivity contribution in [2.45, 2.75) is 31.7 Å². The van der Waals surface area contributed by atoms with E-state index >= 15 is 0 Å². The number of halogens is 1. The van der Waals surface area contributed by atoms with Crippen molar-refractivity contribution in [3.05, 3.63) is 29.3 Å². The summed E-state index contributed by atoms with van der Waals surface area (Å²) in [5.41, 5.74) is 0.615.